The van der Waals surface area contributed by atoms with Crippen molar-refractivity contribution in [3.63, 3.8) is 0 Å². The summed E-state index contributed by atoms with van der Waals surface area (Å²) in [4.78, 5) is 4.79. The second kappa shape index (κ2) is 7.90. The molecular formula is C17H28N4S. The van der Waals surface area contributed by atoms with Crippen molar-refractivity contribution in [1.82, 2.24) is 18.9 Å². The summed E-state index contributed by atoms with van der Waals surface area (Å²) < 4.78 is 5.45. The number of rotatable bonds is 8. The van der Waals surface area contributed by atoms with Gasteiger partial charge in [0.05, 0.1) is 24.4 Å². The summed E-state index contributed by atoms with van der Waals surface area (Å²) in [7, 11) is 0. The van der Waals surface area contributed by atoms with Crippen molar-refractivity contribution in [2.75, 3.05) is 26.2 Å². The van der Waals surface area contributed by atoms with E-state index in [-0.39, 0.29) is 0 Å². The fourth-order valence-corrected chi connectivity index (χ4v) is 3.11. The van der Waals surface area contributed by atoms with Crippen LogP contribution in [0.15, 0.2) is 24.3 Å². The second-order valence-corrected chi connectivity index (χ2v) is 5.88. The highest BCUT2D eigenvalue weighted by Gasteiger charge is 2.13. The van der Waals surface area contributed by atoms with Crippen LogP contribution < -0.4 is 0 Å². The Balaban J connectivity index is 2.49. The molecule has 122 valence electrons. The summed E-state index contributed by atoms with van der Waals surface area (Å²) in [6, 6.07) is 8.54. The lowest BCUT2D eigenvalue weighted by Crippen LogP contribution is -2.27. The van der Waals surface area contributed by atoms with Crippen molar-refractivity contribution in [2.45, 2.75) is 41.0 Å². The van der Waals surface area contributed by atoms with Gasteiger partial charge in [0.2, 0.25) is 0 Å². The van der Waals surface area contributed by atoms with Gasteiger partial charge in [-0.05, 0) is 50.5 Å². The molecule has 1 aromatic carbocycles. The van der Waals surface area contributed by atoms with Gasteiger partial charge in [-0.15, -0.1) is 0 Å². The van der Waals surface area contributed by atoms with Crippen molar-refractivity contribution < 1.29 is 0 Å². The van der Waals surface area contributed by atoms with E-state index >= 15 is 0 Å². The Labute approximate surface area is 138 Å². The van der Waals surface area contributed by atoms with Crippen LogP contribution in [0.4, 0.5) is 0 Å². The average Bonchev–Trinajstić information content (AvgIpc) is 2.82. The number of imidazole rings is 1. The molecule has 0 unspecified atom stereocenters. The fourth-order valence-electron chi connectivity index (χ4n) is 2.79. The highest BCUT2D eigenvalue weighted by molar-refractivity contribution is 7.71. The zero-order chi connectivity index (χ0) is 16.1. The lowest BCUT2D eigenvalue weighted by molar-refractivity contribution is 0.229. The molecule has 0 saturated heterocycles. The van der Waals surface area contributed by atoms with Gasteiger partial charge in [-0.2, -0.15) is 0 Å². The first kappa shape index (κ1) is 17.2. The molecule has 2 aromatic rings. The first-order valence-corrected chi connectivity index (χ1v) is 8.69. The molecule has 0 aliphatic carbocycles. The molecule has 5 heteroatoms. The number of fused-ring (bicyclic) bond motifs is 1. The molecule has 0 radical (unpaired) electrons. The fraction of sp³-hybridized carbons (Fsp3) is 0.588. The molecule has 0 amide bonds. The Bertz CT molecular complexity index is 596. The average molecular weight is 321 g/mol. The predicted molar refractivity (Wildman–Crippen MR) is 96.6 cm³/mol. The number of benzene rings is 1. The standard InChI is InChI=1S/C17H28N4S/c1-5-18(6-2)13-20-15-11-9-10-12-16(15)21(17(20)22)14-19(7-3)8-4/h9-12H,5-8,13-14H2,1-4H3. The molecule has 4 nitrogen and oxygen atoms in total. The van der Waals surface area contributed by atoms with Crippen molar-refractivity contribution in [3.8, 4) is 0 Å². The number of aromatic nitrogens is 2. The van der Waals surface area contributed by atoms with E-state index in [0.717, 1.165) is 44.3 Å². The van der Waals surface area contributed by atoms with E-state index < -0.39 is 0 Å². The Morgan fingerprint density at radius 2 is 1.14 bits per heavy atom. The van der Waals surface area contributed by atoms with Crippen LogP contribution in [-0.2, 0) is 13.3 Å². The van der Waals surface area contributed by atoms with Gasteiger partial charge >= 0.3 is 0 Å². The van der Waals surface area contributed by atoms with Crippen molar-refractivity contribution >= 4 is 23.3 Å². The lowest BCUT2D eigenvalue weighted by atomic mass is 10.3. The Kier molecular flexibility index (Phi) is 6.17. The first-order chi connectivity index (χ1) is 10.7. The summed E-state index contributed by atoms with van der Waals surface area (Å²) in [6.45, 7) is 14.6. The van der Waals surface area contributed by atoms with Crippen LogP contribution in [0, 0.1) is 4.77 Å². The van der Waals surface area contributed by atoms with Crippen LogP contribution in [0.25, 0.3) is 11.0 Å². The van der Waals surface area contributed by atoms with E-state index in [0.29, 0.717) is 0 Å². The third kappa shape index (κ3) is 3.42. The third-order valence-electron chi connectivity index (χ3n) is 4.40. The molecule has 1 heterocycles. The molecule has 0 atom stereocenters. The van der Waals surface area contributed by atoms with Crippen LogP contribution in [0.1, 0.15) is 27.7 Å². The predicted octanol–water partition coefficient (Wildman–Crippen LogP) is 3.77. The number of nitrogens with zero attached hydrogens (tertiary/aromatic N) is 4. The molecule has 2 rings (SSSR count). The smallest absolute Gasteiger partial charge is 0.183 e. The molecule has 0 bridgehead atoms. The molecule has 0 aliphatic rings. The van der Waals surface area contributed by atoms with Gasteiger partial charge < -0.3 is 9.13 Å². The Hall–Kier alpha value is -1.17. The van der Waals surface area contributed by atoms with Gasteiger partial charge in [0.15, 0.2) is 4.77 Å². The van der Waals surface area contributed by atoms with Crippen LogP contribution in [-0.4, -0.2) is 45.1 Å². The Morgan fingerprint density at radius 3 is 1.45 bits per heavy atom. The topological polar surface area (TPSA) is 16.3 Å². The minimum Gasteiger partial charge on any atom is -0.303 e. The van der Waals surface area contributed by atoms with E-state index in [1.165, 1.54) is 11.0 Å². The molecule has 0 spiro atoms. The Morgan fingerprint density at radius 1 is 0.773 bits per heavy atom. The van der Waals surface area contributed by atoms with Crippen molar-refractivity contribution in [2.24, 2.45) is 0 Å². The summed E-state index contributed by atoms with van der Waals surface area (Å²) in [5.41, 5.74) is 2.46. The van der Waals surface area contributed by atoms with Gasteiger partial charge in [0.25, 0.3) is 0 Å². The van der Waals surface area contributed by atoms with Gasteiger partial charge in [0, 0.05) is 0 Å². The molecule has 0 N–H and O–H groups in total. The first-order valence-electron chi connectivity index (χ1n) is 8.28. The maximum Gasteiger partial charge on any atom is 0.183 e. The van der Waals surface area contributed by atoms with E-state index in [1.807, 2.05) is 0 Å². The quantitative estimate of drug-likeness (QED) is 0.689. The highest BCUT2D eigenvalue weighted by atomic mass is 32.1. The van der Waals surface area contributed by atoms with E-state index in [1.54, 1.807) is 0 Å². The lowest BCUT2D eigenvalue weighted by Gasteiger charge is -2.20. The van der Waals surface area contributed by atoms with Crippen LogP contribution >= 0.6 is 12.2 Å². The maximum atomic E-state index is 5.79. The summed E-state index contributed by atoms with van der Waals surface area (Å²) >= 11 is 5.79. The zero-order valence-electron chi connectivity index (χ0n) is 14.2. The molecule has 0 fully saturated rings. The maximum absolute atomic E-state index is 5.79. The SMILES string of the molecule is CCN(CC)Cn1c(=S)n(CN(CC)CC)c2ccccc21. The minimum atomic E-state index is 0.859. The molecule has 0 saturated carbocycles. The molecular weight excluding hydrogens is 292 g/mol. The summed E-state index contributed by atoms with van der Waals surface area (Å²) in [6.07, 6.45) is 0. The number of para-hydroxylation sites is 2. The monoisotopic (exact) mass is 320 g/mol. The largest absolute Gasteiger partial charge is 0.303 e. The van der Waals surface area contributed by atoms with Gasteiger partial charge in [-0.1, -0.05) is 39.8 Å². The van der Waals surface area contributed by atoms with Crippen molar-refractivity contribution in [3.05, 3.63) is 29.0 Å². The normalized spacial score (nSPS) is 11.9. The molecule has 0 aliphatic heterocycles. The van der Waals surface area contributed by atoms with Gasteiger partial charge in [-0.3, -0.25) is 9.80 Å². The van der Waals surface area contributed by atoms with Crippen LogP contribution in [0.5, 0.6) is 0 Å². The molecule has 1 aromatic heterocycles. The molecule has 22 heavy (non-hydrogen) atoms. The van der Waals surface area contributed by atoms with Crippen LogP contribution in [0.2, 0.25) is 0 Å². The van der Waals surface area contributed by atoms with E-state index in [9.17, 15) is 0 Å². The van der Waals surface area contributed by atoms with E-state index in [2.05, 4.69) is 70.9 Å². The van der Waals surface area contributed by atoms with E-state index in [4.69, 9.17) is 12.2 Å². The zero-order valence-corrected chi connectivity index (χ0v) is 15.1. The van der Waals surface area contributed by atoms with Gasteiger partial charge in [-0.25, -0.2) is 0 Å². The summed E-state index contributed by atoms with van der Waals surface area (Å²) in [5.74, 6) is 0. The number of hydrogen-bond acceptors (Lipinski definition) is 3. The van der Waals surface area contributed by atoms with Gasteiger partial charge in [0.1, 0.15) is 0 Å². The highest BCUT2D eigenvalue weighted by Crippen LogP contribution is 2.19. The number of hydrogen-bond donors (Lipinski definition) is 0. The second-order valence-electron chi connectivity index (χ2n) is 5.52. The third-order valence-corrected chi connectivity index (χ3v) is 4.84. The van der Waals surface area contributed by atoms with Crippen LogP contribution in [0.3, 0.4) is 0 Å². The minimum absolute atomic E-state index is 0.859. The summed E-state index contributed by atoms with van der Waals surface area (Å²) in [5, 5.41) is 0. The van der Waals surface area contributed by atoms with Crippen molar-refractivity contribution in [1.29, 1.82) is 0 Å².